The lowest BCUT2D eigenvalue weighted by Gasteiger charge is -2.24. The number of halogens is 5. The van der Waals surface area contributed by atoms with Crippen LogP contribution in [0.3, 0.4) is 0 Å². The fourth-order valence-corrected chi connectivity index (χ4v) is 6.26. The molecule has 0 fully saturated rings. The van der Waals surface area contributed by atoms with Gasteiger partial charge in [-0.05, 0) is 83.8 Å². The van der Waals surface area contributed by atoms with Crippen LogP contribution >= 0.6 is 0 Å². The molecule has 1 unspecified atom stereocenters. The van der Waals surface area contributed by atoms with E-state index in [0.29, 0.717) is 52.3 Å². The number of primary amides is 1. The number of esters is 2. The van der Waals surface area contributed by atoms with Gasteiger partial charge in [0.15, 0.2) is 11.6 Å². The van der Waals surface area contributed by atoms with Crippen molar-refractivity contribution >= 4 is 40.5 Å². The highest BCUT2D eigenvalue weighted by Gasteiger charge is 2.31. The summed E-state index contributed by atoms with van der Waals surface area (Å²) in [5.41, 5.74) is 15.4. The fourth-order valence-electron chi connectivity index (χ4n) is 6.26. The molecule has 312 valence electrons. The molecule has 0 bridgehead atoms. The number of benzene rings is 4. The number of nitrogens with one attached hydrogen (secondary N) is 1. The molecule has 0 spiro atoms. The number of rotatable bonds is 18. The van der Waals surface area contributed by atoms with Crippen molar-refractivity contribution < 1.29 is 55.3 Å². The van der Waals surface area contributed by atoms with Crippen molar-refractivity contribution in [2.24, 2.45) is 11.5 Å². The monoisotopic (exact) mass is 824 g/mol. The zero-order valence-corrected chi connectivity index (χ0v) is 31.9. The molecule has 5 N–H and O–H groups in total. The Morgan fingerprint density at radius 3 is 2.03 bits per heavy atom. The van der Waals surface area contributed by atoms with Crippen molar-refractivity contribution in [3.8, 4) is 17.1 Å². The molecule has 1 heterocycles. The van der Waals surface area contributed by atoms with Gasteiger partial charge in [0.05, 0.1) is 42.6 Å². The Morgan fingerprint density at radius 2 is 1.46 bits per heavy atom. The summed E-state index contributed by atoms with van der Waals surface area (Å²) in [5, 5.41) is 2.73. The number of carbonyl (C=O) groups excluding carboxylic acids is 4. The zero-order chi connectivity index (χ0) is 42.9. The van der Waals surface area contributed by atoms with Gasteiger partial charge in [0.25, 0.3) is 0 Å². The van der Waals surface area contributed by atoms with Gasteiger partial charge in [0, 0.05) is 31.6 Å². The number of nitrogens with zero attached hydrogens (tertiary/aromatic N) is 3. The minimum atomic E-state index is -4.87. The molecular weight excluding hydrogens is 783 g/mol. The lowest BCUT2D eigenvalue weighted by atomic mass is 10.0. The van der Waals surface area contributed by atoms with Crippen molar-refractivity contribution in [3.05, 3.63) is 113 Å². The van der Waals surface area contributed by atoms with Crippen LogP contribution < -0.4 is 26.4 Å². The van der Waals surface area contributed by atoms with Crippen molar-refractivity contribution in [2.75, 3.05) is 31.2 Å². The third kappa shape index (κ3) is 12.5. The van der Waals surface area contributed by atoms with Crippen LogP contribution in [0.25, 0.3) is 22.4 Å². The van der Waals surface area contributed by atoms with E-state index in [1.807, 2.05) is 9.47 Å². The van der Waals surface area contributed by atoms with E-state index in [0.717, 1.165) is 12.1 Å². The van der Waals surface area contributed by atoms with Gasteiger partial charge in [0.1, 0.15) is 24.8 Å². The summed E-state index contributed by atoms with van der Waals surface area (Å²) in [4.78, 5) is 55.0. The SMILES string of the molecule is CC(=O)OCCN(CCOC(C)=O)c1ccc(-c2nc3cc(C(CC(N)=O)NC(=O)[C@@H](N)Cc4ccc(F)c(F)c4)ccc3n2Cc2ccc(OC(F)(F)F)cc2)cc1. The Balaban J connectivity index is 1.49. The van der Waals surface area contributed by atoms with E-state index in [1.54, 1.807) is 42.5 Å². The van der Waals surface area contributed by atoms with Gasteiger partial charge >= 0.3 is 18.3 Å². The van der Waals surface area contributed by atoms with Gasteiger partial charge in [-0.3, -0.25) is 19.2 Å². The van der Waals surface area contributed by atoms with Crippen molar-refractivity contribution in [1.82, 2.24) is 14.9 Å². The molecule has 0 saturated carbocycles. The van der Waals surface area contributed by atoms with Gasteiger partial charge in [-0.15, -0.1) is 13.2 Å². The van der Waals surface area contributed by atoms with Crippen LogP contribution in [-0.2, 0) is 41.6 Å². The largest absolute Gasteiger partial charge is 0.573 e. The number of amides is 2. The molecular formula is C41H41F5N6O7. The van der Waals surface area contributed by atoms with Crippen LogP contribution in [0.1, 0.15) is 43.0 Å². The lowest BCUT2D eigenvalue weighted by Crippen LogP contribution is -2.44. The molecule has 5 aromatic rings. The number of ether oxygens (including phenoxy) is 3. The number of aromatic nitrogens is 2. The summed E-state index contributed by atoms with van der Waals surface area (Å²) in [6.07, 6.45) is -5.31. The first-order valence-corrected chi connectivity index (χ1v) is 18.2. The second kappa shape index (κ2) is 19.3. The third-order valence-electron chi connectivity index (χ3n) is 8.99. The number of anilines is 1. The van der Waals surface area contributed by atoms with Crippen LogP contribution in [-0.4, -0.2) is 72.0 Å². The molecule has 2 amide bonds. The number of hydrogen-bond acceptors (Lipinski definition) is 10. The van der Waals surface area contributed by atoms with Gasteiger partial charge in [-0.2, -0.15) is 0 Å². The number of carbonyl (C=O) groups is 4. The Kier molecular flexibility index (Phi) is 14.2. The predicted octanol–water partition coefficient (Wildman–Crippen LogP) is 5.46. The number of imidazole rings is 1. The molecule has 4 aromatic carbocycles. The van der Waals surface area contributed by atoms with E-state index in [4.69, 9.17) is 25.9 Å². The van der Waals surface area contributed by atoms with E-state index >= 15 is 0 Å². The first-order chi connectivity index (χ1) is 27.9. The Morgan fingerprint density at radius 1 is 0.831 bits per heavy atom. The summed E-state index contributed by atoms with van der Waals surface area (Å²) in [6, 6.07) is 18.6. The number of hydrogen-bond donors (Lipinski definition) is 3. The molecule has 0 aliphatic heterocycles. The number of alkyl halides is 3. The van der Waals surface area contributed by atoms with Gasteiger partial charge in [-0.1, -0.05) is 24.3 Å². The highest BCUT2D eigenvalue weighted by molar-refractivity contribution is 5.85. The summed E-state index contributed by atoms with van der Waals surface area (Å²) in [5.74, 6) is -4.39. The van der Waals surface area contributed by atoms with Crippen LogP contribution in [0.4, 0.5) is 27.6 Å². The van der Waals surface area contributed by atoms with Crippen molar-refractivity contribution in [3.63, 3.8) is 0 Å². The van der Waals surface area contributed by atoms with Crippen LogP contribution in [0, 0.1) is 11.6 Å². The van der Waals surface area contributed by atoms with Gasteiger partial charge < -0.3 is 40.5 Å². The molecule has 0 aliphatic rings. The van der Waals surface area contributed by atoms with E-state index in [2.05, 4.69) is 10.1 Å². The number of nitrogens with two attached hydrogens (primary N) is 2. The average molecular weight is 825 g/mol. The summed E-state index contributed by atoms with van der Waals surface area (Å²) in [6.45, 7) is 3.50. The molecule has 59 heavy (non-hydrogen) atoms. The maximum Gasteiger partial charge on any atom is 0.573 e. The minimum absolute atomic E-state index is 0.0828. The van der Waals surface area contributed by atoms with E-state index in [1.165, 1.54) is 44.2 Å². The molecule has 2 atom stereocenters. The predicted molar refractivity (Wildman–Crippen MR) is 206 cm³/mol. The molecule has 18 heteroatoms. The lowest BCUT2D eigenvalue weighted by molar-refractivity contribution is -0.274. The summed E-state index contributed by atoms with van der Waals surface area (Å²) >= 11 is 0. The fraction of sp³-hybridized carbons (Fsp3) is 0.293. The van der Waals surface area contributed by atoms with E-state index in [9.17, 15) is 41.1 Å². The Labute approximate surface area is 335 Å². The van der Waals surface area contributed by atoms with Crippen molar-refractivity contribution in [2.45, 2.75) is 51.7 Å². The third-order valence-corrected chi connectivity index (χ3v) is 8.99. The smallest absolute Gasteiger partial charge is 0.464 e. The van der Waals surface area contributed by atoms with E-state index < -0.39 is 59.6 Å². The van der Waals surface area contributed by atoms with Crippen LogP contribution in [0.2, 0.25) is 0 Å². The number of fused-ring (bicyclic) bond motifs is 1. The second-order valence-corrected chi connectivity index (χ2v) is 13.5. The highest BCUT2D eigenvalue weighted by Crippen LogP contribution is 2.31. The second-order valence-electron chi connectivity index (χ2n) is 13.5. The Hall–Kier alpha value is -6.56. The Bertz CT molecular complexity index is 2260. The van der Waals surface area contributed by atoms with Gasteiger partial charge in [-0.25, -0.2) is 13.8 Å². The highest BCUT2D eigenvalue weighted by atomic mass is 19.4. The van der Waals surface area contributed by atoms with Crippen LogP contribution in [0.15, 0.2) is 84.9 Å². The normalized spacial score (nSPS) is 12.4. The van der Waals surface area contributed by atoms with Gasteiger partial charge in [0.2, 0.25) is 11.8 Å². The summed E-state index contributed by atoms with van der Waals surface area (Å²) < 4.78 is 81.9. The molecule has 5 rings (SSSR count). The first kappa shape index (κ1) is 43.6. The maximum absolute atomic E-state index is 13.8. The van der Waals surface area contributed by atoms with Crippen molar-refractivity contribution in [1.29, 1.82) is 0 Å². The molecule has 0 radical (unpaired) electrons. The standard InChI is InChI=1S/C41H41F5N6O7/c1-24(53)57-17-15-51(16-18-58-25(2)54)30-9-6-28(7-10-30)39-49-36-21-29(8-14-37(36)52(39)23-26-3-11-31(12-4-26)59-41(44,45)46)35(22-38(48)55)50-40(56)34(47)20-27-5-13-32(42)33(43)19-27/h3-14,19,21,34-35H,15-18,20,22-23,47H2,1-2H3,(H2,48,55)(H,50,56)/t34-,35?/m0/s1. The van der Waals surface area contributed by atoms with Crippen LogP contribution in [0.5, 0.6) is 5.75 Å². The van der Waals surface area contributed by atoms with E-state index in [-0.39, 0.29) is 38.2 Å². The molecule has 1 aromatic heterocycles. The molecule has 0 saturated heterocycles. The topological polar surface area (TPSA) is 181 Å². The minimum Gasteiger partial charge on any atom is -0.464 e. The first-order valence-electron chi connectivity index (χ1n) is 18.2. The molecule has 0 aliphatic carbocycles. The summed E-state index contributed by atoms with van der Waals surface area (Å²) in [7, 11) is 0. The quantitative estimate of drug-likeness (QED) is 0.0758. The zero-order valence-electron chi connectivity index (χ0n) is 31.9. The average Bonchev–Trinajstić information content (AvgIpc) is 3.52. The molecule has 13 nitrogen and oxygen atoms in total. The maximum atomic E-state index is 13.8.